The Kier molecular flexibility index (Phi) is 7.30. The van der Waals surface area contributed by atoms with E-state index >= 15 is 0 Å². The smallest absolute Gasteiger partial charge is 0.337 e. The van der Waals surface area contributed by atoms with E-state index in [0.717, 1.165) is 0 Å². The summed E-state index contributed by atoms with van der Waals surface area (Å²) in [4.78, 5) is 23.8. The number of amides is 1. The number of benzene rings is 2. The van der Waals surface area contributed by atoms with Crippen LogP contribution in [-0.4, -0.2) is 38.1 Å². The fourth-order valence-electron chi connectivity index (χ4n) is 2.39. The van der Waals surface area contributed by atoms with Gasteiger partial charge in [-0.05, 0) is 81.5 Å². The number of thiocarbonyl (C=S) groups is 1. The van der Waals surface area contributed by atoms with E-state index < -0.39 is 27.4 Å². The topological polar surface area (TPSA) is 114 Å². The Labute approximate surface area is 181 Å². The van der Waals surface area contributed by atoms with Gasteiger partial charge in [0.25, 0.3) is 5.91 Å². The van der Waals surface area contributed by atoms with Crippen LogP contribution in [0.2, 0.25) is 0 Å². The second-order valence-electron chi connectivity index (χ2n) is 7.36. The summed E-state index contributed by atoms with van der Waals surface area (Å²) in [6, 6.07) is 11.9. The average molecular weight is 450 g/mol. The third-order valence-corrected chi connectivity index (χ3v) is 5.64. The standard InChI is InChI=1S/C20H23N3O5S2/c1-20(2,3)23-30(26,27)16-11-9-15(10-12-16)21-19(29)22-17(24)13-5-7-14(8-6-13)18(25)28-4/h5-12,23H,1-4H3,(H2,21,22,24,29). The van der Waals surface area contributed by atoms with Crippen molar-refractivity contribution in [2.24, 2.45) is 0 Å². The molecule has 0 aliphatic heterocycles. The van der Waals surface area contributed by atoms with Crippen molar-refractivity contribution in [1.82, 2.24) is 10.0 Å². The van der Waals surface area contributed by atoms with Gasteiger partial charge in [-0.2, -0.15) is 0 Å². The molecule has 2 rings (SSSR count). The lowest BCUT2D eigenvalue weighted by molar-refractivity contribution is 0.0600. The number of rotatable bonds is 5. The molecule has 0 saturated carbocycles. The highest BCUT2D eigenvalue weighted by Crippen LogP contribution is 2.16. The van der Waals surface area contributed by atoms with Crippen molar-refractivity contribution in [2.75, 3.05) is 12.4 Å². The molecule has 0 bridgehead atoms. The van der Waals surface area contributed by atoms with Gasteiger partial charge in [0.2, 0.25) is 10.0 Å². The van der Waals surface area contributed by atoms with E-state index in [1.807, 2.05) is 0 Å². The molecule has 0 saturated heterocycles. The summed E-state index contributed by atoms with van der Waals surface area (Å²) >= 11 is 5.13. The second-order valence-corrected chi connectivity index (χ2v) is 9.45. The van der Waals surface area contributed by atoms with Crippen molar-refractivity contribution in [1.29, 1.82) is 0 Å². The van der Waals surface area contributed by atoms with Crippen LogP contribution in [0, 0.1) is 0 Å². The van der Waals surface area contributed by atoms with Crippen molar-refractivity contribution in [3.05, 3.63) is 59.7 Å². The maximum absolute atomic E-state index is 12.3. The first-order valence-corrected chi connectivity index (χ1v) is 10.8. The van der Waals surface area contributed by atoms with Crippen LogP contribution in [0.5, 0.6) is 0 Å². The number of hydrogen-bond donors (Lipinski definition) is 3. The number of nitrogens with one attached hydrogen (secondary N) is 3. The molecule has 0 heterocycles. The van der Waals surface area contributed by atoms with E-state index in [1.165, 1.54) is 43.5 Å². The zero-order valence-electron chi connectivity index (χ0n) is 17.0. The minimum Gasteiger partial charge on any atom is -0.465 e. The quantitative estimate of drug-likeness (QED) is 0.475. The van der Waals surface area contributed by atoms with Crippen molar-refractivity contribution < 1.29 is 22.7 Å². The number of anilines is 1. The molecule has 2 aromatic rings. The summed E-state index contributed by atoms with van der Waals surface area (Å²) < 4.78 is 31.8. The Morgan fingerprint density at radius 2 is 1.47 bits per heavy atom. The number of carbonyl (C=O) groups is 2. The predicted molar refractivity (Wildman–Crippen MR) is 118 cm³/mol. The first kappa shape index (κ1) is 23.5. The molecule has 0 aliphatic rings. The van der Waals surface area contributed by atoms with Crippen LogP contribution in [0.4, 0.5) is 5.69 Å². The molecule has 0 radical (unpaired) electrons. The molecule has 2 aromatic carbocycles. The van der Waals surface area contributed by atoms with Crippen LogP contribution in [0.1, 0.15) is 41.5 Å². The van der Waals surface area contributed by atoms with Gasteiger partial charge in [-0.3, -0.25) is 10.1 Å². The normalized spacial score (nSPS) is 11.5. The molecule has 0 unspecified atom stereocenters. The lowest BCUT2D eigenvalue weighted by Gasteiger charge is -2.20. The van der Waals surface area contributed by atoms with Gasteiger partial charge in [0.1, 0.15) is 0 Å². The Bertz CT molecular complexity index is 1040. The molecule has 0 atom stereocenters. The molecular weight excluding hydrogens is 426 g/mol. The predicted octanol–water partition coefficient (Wildman–Crippen LogP) is 2.68. The van der Waals surface area contributed by atoms with E-state index in [9.17, 15) is 18.0 Å². The molecule has 8 nitrogen and oxygen atoms in total. The molecule has 30 heavy (non-hydrogen) atoms. The van der Waals surface area contributed by atoms with Crippen molar-refractivity contribution in [2.45, 2.75) is 31.2 Å². The lowest BCUT2D eigenvalue weighted by Crippen LogP contribution is -2.40. The van der Waals surface area contributed by atoms with Gasteiger partial charge in [-0.15, -0.1) is 0 Å². The third kappa shape index (κ3) is 6.61. The fraction of sp³-hybridized carbons (Fsp3) is 0.250. The molecular formula is C20H23N3O5S2. The lowest BCUT2D eigenvalue weighted by atomic mass is 10.1. The number of ether oxygens (including phenoxy) is 1. The molecule has 160 valence electrons. The Morgan fingerprint density at radius 1 is 0.933 bits per heavy atom. The van der Waals surface area contributed by atoms with Gasteiger partial charge in [0.05, 0.1) is 17.6 Å². The summed E-state index contributed by atoms with van der Waals surface area (Å²) in [5.41, 5.74) is 0.541. The monoisotopic (exact) mass is 449 g/mol. The minimum atomic E-state index is -3.64. The molecule has 1 amide bonds. The summed E-state index contributed by atoms with van der Waals surface area (Å²) in [5, 5.41) is 5.38. The largest absolute Gasteiger partial charge is 0.465 e. The average Bonchev–Trinajstić information content (AvgIpc) is 2.66. The number of esters is 1. The van der Waals surface area contributed by atoms with Gasteiger partial charge < -0.3 is 10.1 Å². The maximum atomic E-state index is 12.3. The SMILES string of the molecule is COC(=O)c1ccc(C(=O)NC(=S)Nc2ccc(S(=O)(=O)NC(C)(C)C)cc2)cc1. The highest BCUT2D eigenvalue weighted by atomic mass is 32.2. The Balaban J connectivity index is 1.99. The summed E-state index contributed by atoms with van der Waals surface area (Å²) in [6.45, 7) is 5.26. The first-order chi connectivity index (χ1) is 13.9. The van der Waals surface area contributed by atoms with E-state index in [0.29, 0.717) is 16.8 Å². The fourth-order valence-corrected chi connectivity index (χ4v) is 4.02. The van der Waals surface area contributed by atoms with Crippen LogP contribution in [0.15, 0.2) is 53.4 Å². The van der Waals surface area contributed by atoms with E-state index in [4.69, 9.17) is 12.2 Å². The Morgan fingerprint density at radius 3 is 1.97 bits per heavy atom. The summed E-state index contributed by atoms with van der Waals surface area (Å²) in [5.74, 6) is -0.959. The minimum absolute atomic E-state index is 0.0421. The van der Waals surface area contributed by atoms with Crippen LogP contribution in [0.3, 0.4) is 0 Å². The van der Waals surface area contributed by atoms with E-state index in [1.54, 1.807) is 32.9 Å². The van der Waals surface area contributed by atoms with Crippen LogP contribution in [-0.2, 0) is 14.8 Å². The zero-order valence-corrected chi connectivity index (χ0v) is 18.6. The molecule has 0 spiro atoms. The van der Waals surface area contributed by atoms with Crippen LogP contribution in [0.25, 0.3) is 0 Å². The van der Waals surface area contributed by atoms with Crippen molar-refractivity contribution >= 4 is 44.9 Å². The number of methoxy groups -OCH3 is 1. The molecule has 10 heteroatoms. The third-order valence-electron chi connectivity index (χ3n) is 3.66. The second kappa shape index (κ2) is 9.33. The molecule has 0 aromatic heterocycles. The summed E-state index contributed by atoms with van der Waals surface area (Å²) in [6.07, 6.45) is 0. The van der Waals surface area contributed by atoms with Gasteiger partial charge in [0.15, 0.2) is 5.11 Å². The molecule has 3 N–H and O–H groups in total. The van der Waals surface area contributed by atoms with E-state index in [-0.39, 0.29) is 10.0 Å². The highest BCUT2D eigenvalue weighted by Gasteiger charge is 2.21. The molecule has 0 fully saturated rings. The van der Waals surface area contributed by atoms with Crippen LogP contribution < -0.4 is 15.4 Å². The number of carbonyl (C=O) groups excluding carboxylic acids is 2. The van der Waals surface area contributed by atoms with Gasteiger partial charge >= 0.3 is 5.97 Å². The van der Waals surface area contributed by atoms with Crippen molar-refractivity contribution in [3.8, 4) is 0 Å². The summed E-state index contributed by atoms with van der Waals surface area (Å²) in [7, 11) is -2.37. The van der Waals surface area contributed by atoms with Gasteiger partial charge in [-0.1, -0.05) is 0 Å². The van der Waals surface area contributed by atoms with Crippen LogP contribution >= 0.6 is 12.2 Å². The number of hydrogen-bond acceptors (Lipinski definition) is 6. The van der Waals surface area contributed by atoms with Gasteiger partial charge in [-0.25, -0.2) is 17.9 Å². The first-order valence-electron chi connectivity index (χ1n) is 8.86. The number of sulfonamides is 1. The molecule has 0 aliphatic carbocycles. The highest BCUT2D eigenvalue weighted by molar-refractivity contribution is 7.89. The maximum Gasteiger partial charge on any atom is 0.337 e. The zero-order chi connectivity index (χ0) is 22.5. The van der Waals surface area contributed by atoms with Crippen molar-refractivity contribution in [3.63, 3.8) is 0 Å². The Hall–Kier alpha value is -2.82. The van der Waals surface area contributed by atoms with Gasteiger partial charge in [0, 0.05) is 16.8 Å². The van der Waals surface area contributed by atoms with E-state index in [2.05, 4.69) is 20.1 Å².